The van der Waals surface area contributed by atoms with Crippen LogP contribution < -0.4 is 10.2 Å². The van der Waals surface area contributed by atoms with E-state index in [0.29, 0.717) is 18.7 Å². The van der Waals surface area contributed by atoms with Crippen LogP contribution in [-0.4, -0.2) is 31.2 Å². The minimum absolute atomic E-state index is 0.154. The molecular formula is C20H22N2O3. The molecule has 3 rings (SSSR count). The van der Waals surface area contributed by atoms with E-state index in [1.54, 1.807) is 11.0 Å². The lowest BCUT2D eigenvalue weighted by Gasteiger charge is -2.15. The Morgan fingerprint density at radius 2 is 1.84 bits per heavy atom. The number of nitrogens with one attached hydrogen (secondary N) is 1. The third kappa shape index (κ3) is 3.82. The molecule has 1 aliphatic heterocycles. The standard InChI is InChI=1S/C20H22N2O3/c1-13-8-14(2)10-16(9-13)22-12-17(25-20(22)24)11-21-19(23)18-7-5-4-6-15(18)3/h4-10,17H,11-12H2,1-3H3,(H,21,23). The summed E-state index contributed by atoms with van der Waals surface area (Å²) in [5.74, 6) is -0.154. The van der Waals surface area contributed by atoms with Gasteiger partial charge in [-0.05, 0) is 55.7 Å². The minimum Gasteiger partial charge on any atom is -0.442 e. The highest BCUT2D eigenvalue weighted by atomic mass is 16.6. The van der Waals surface area contributed by atoms with Crippen LogP contribution in [0, 0.1) is 20.8 Å². The lowest BCUT2D eigenvalue weighted by Crippen LogP contribution is -2.34. The van der Waals surface area contributed by atoms with Gasteiger partial charge in [0.1, 0.15) is 6.10 Å². The smallest absolute Gasteiger partial charge is 0.414 e. The molecule has 1 aliphatic rings. The molecule has 1 heterocycles. The highest BCUT2D eigenvalue weighted by molar-refractivity contribution is 5.95. The van der Waals surface area contributed by atoms with Crippen LogP contribution >= 0.6 is 0 Å². The van der Waals surface area contributed by atoms with Crippen molar-refractivity contribution in [2.75, 3.05) is 18.0 Å². The Kier molecular flexibility index (Phi) is 4.74. The summed E-state index contributed by atoms with van der Waals surface area (Å²) in [6.07, 6.45) is -0.735. The molecule has 2 aromatic rings. The summed E-state index contributed by atoms with van der Waals surface area (Å²) in [5.41, 5.74) is 4.58. The average molecular weight is 338 g/mol. The fourth-order valence-corrected chi connectivity index (χ4v) is 3.07. The van der Waals surface area contributed by atoms with Crippen LogP contribution in [0.5, 0.6) is 0 Å². The number of anilines is 1. The Balaban J connectivity index is 1.63. The number of amides is 2. The van der Waals surface area contributed by atoms with Crippen molar-refractivity contribution in [1.82, 2.24) is 5.32 Å². The molecule has 0 radical (unpaired) electrons. The Labute approximate surface area is 147 Å². The van der Waals surface area contributed by atoms with Crippen molar-refractivity contribution >= 4 is 17.7 Å². The number of aryl methyl sites for hydroxylation is 3. The van der Waals surface area contributed by atoms with Gasteiger partial charge in [0, 0.05) is 11.3 Å². The van der Waals surface area contributed by atoms with Crippen molar-refractivity contribution in [1.29, 1.82) is 0 Å². The first-order chi connectivity index (χ1) is 11.9. The number of benzene rings is 2. The van der Waals surface area contributed by atoms with Gasteiger partial charge >= 0.3 is 6.09 Å². The second-order valence-electron chi connectivity index (χ2n) is 6.49. The number of carbonyl (C=O) groups excluding carboxylic acids is 2. The highest BCUT2D eigenvalue weighted by Gasteiger charge is 2.32. The van der Waals surface area contributed by atoms with Gasteiger partial charge < -0.3 is 10.1 Å². The molecule has 1 fully saturated rings. The van der Waals surface area contributed by atoms with Gasteiger partial charge in [-0.3, -0.25) is 9.69 Å². The minimum atomic E-state index is -0.375. The Bertz CT molecular complexity index is 796. The van der Waals surface area contributed by atoms with E-state index in [0.717, 1.165) is 22.4 Å². The summed E-state index contributed by atoms with van der Waals surface area (Å²) in [4.78, 5) is 26.1. The Hall–Kier alpha value is -2.82. The van der Waals surface area contributed by atoms with Gasteiger partial charge in [-0.2, -0.15) is 0 Å². The van der Waals surface area contributed by atoms with Gasteiger partial charge in [0.15, 0.2) is 0 Å². The molecule has 1 unspecified atom stereocenters. The molecule has 2 amide bonds. The number of hydrogen-bond acceptors (Lipinski definition) is 3. The van der Waals surface area contributed by atoms with E-state index in [1.807, 2.05) is 51.1 Å². The molecule has 0 aromatic heterocycles. The zero-order chi connectivity index (χ0) is 18.0. The summed E-state index contributed by atoms with van der Waals surface area (Å²) in [7, 11) is 0. The second kappa shape index (κ2) is 6.97. The predicted molar refractivity (Wildman–Crippen MR) is 97.0 cm³/mol. The van der Waals surface area contributed by atoms with Crippen LogP contribution in [0.2, 0.25) is 0 Å². The van der Waals surface area contributed by atoms with E-state index in [9.17, 15) is 9.59 Å². The summed E-state index contributed by atoms with van der Waals surface area (Å²) in [6, 6.07) is 13.4. The molecule has 5 nitrogen and oxygen atoms in total. The molecule has 0 aliphatic carbocycles. The van der Waals surface area contributed by atoms with Crippen LogP contribution in [0.15, 0.2) is 42.5 Å². The lowest BCUT2D eigenvalue weighted by molar-refractivity contribution is 0.0915. The fraction of sp³-hybridized carbons (Fsp3) is 0.300. The van der Waals surface area contributed by atoms with Crippen LogP contribution in [0.3, 0.4) is 0 Å². The first-order valence-electron chi connectivity index (χ1n) is 8.34. The van der Waals surface area contributed by atoms with Crippen molar-refractivity contribution < 1.29 is 14.3 Å². The van der Waals surface area contributed by atoms with Gasteiger partial charge in [-0.25, -0.2) is 4.79 Å². The number of rotatable bonds is 4. The van der Waals surface area contributed by atoms with Gasteiger partial charge in [0.05, 0.1) is 13.1 Å². The van der Waals surface area contributed by atoms with Crippen LogP contribution in [0.1, 0.15) is 27.0 Å². The molecule has 0 bridgehead atoms. The maximum absolute atomic E-state index is 12.3. The highest BCUT2D eigenvalue weighted by Crippen LogP contribution is 2.24. The monoisotopic (exact) mass is 338 g/mol. The summed E-state index contributed by atoms with van der Waals surface area (Å²) in [6.45, 7) is 6.61. The molecule has 0 saturated carbocycles. The maximum atomic E-state index is 12.3. The van der Waals surface area contributed by atoms with E-state index >= 15 is 0 Å². The molecule has 2 aromatic carbocycles. The molecule has 5 heteroatoms. The lowest BCUT2D eigenvalue weighted by atomic mass is 10.1. The first kappa shape index (κ1) is 17.0. The molecule has 130 valence electrons. The van der Waals surface area contributed by atoms with Crippen molar-refractivity contribution in [2.24, 2.45) is 0 Å². The zero-order valence-corrected chi connectivity index (χ0v) is 14.7. The summed E-state index contributed by atoms with van der Waals surface area (Å²) < 4.78 is 5.40. The Morgan fingerprint density at radius 1 is 1.16 bits per heavy atom. The third-order valence-corrected chi connectivity index (χ3v) is 4.27. The first-order valence-corrected chi connectivity index (χ1v) is 8.34. The van der Waals surface area contributed by atoms with Crippen molar-refractivity contribution in [3.05, 3.63) is 64.7 Å². The van der Waals surface area contributed by atoms with E-state index in [2.05, 4.69) is 11.4 Å². The molecule has 25 heavy (non-hydrogen) atoms. The third-order valence-electron chi connectivity index (χ3n) is 4.27. The fourth-order valence-electron chi connectivity index (χ4n) is 3.07. The quantitative estimate of drug-likeness (QED) is 0.930. The number of carbonyl (C=O) groups is 2. The topological polar surface area (TPSA) is 58.6 Å². The predicted octanol–water partition coefficient (Wildman–Crippen LogP) is 3.37. The van der Waals surface area contributed by atoms with Gasteiger partial charge in [-0.15, -0.1) is 0 Å². The summed E-state index contributed by atoms with van der Waals surface area (Å²) in [5, 5.41) is 2.85. The molecular weight excluding hydrogens is 316 g/mol. The number of nitrogens with zero attached hydrogens (tertiary/aromatic N) is 1. The van der Waals surface area contributed by atoms with Crippen molar-refractivity contribution in [3.63, 3.8) is 0 Å². The number of ether oxygens (including phenoxy) is 1. The zero-order valence-electron chi connectivity index (χ0n) is 14.7. The van der Waals surface area contributed by atoms with Gasteiger partial charge in [0.25, 0.3) is 5.91 Å². The number of hydrogen-bond donors (Lipinski definition) is 1. The molecule has 1 atom stereocenters. The average Bonchev–Trinajstić information content (AvgIpc) is 2.93. The van der Waals surface area contributed by atoms with Crippen LogP contribution in [0.4, 0.5) is 10.5 Å². The van der Waals surface area contributed by atoms with Crippen molar-refractivity contribution in [2.45, 2.75) is 26.9 Å². The van der Waals surface area contributed by atoms with E-state index in [4.69, 9.17) is 4.74 Å². The van der Waals surface area contributed by atoms with Crippen LogP contribution in [-0.2, 0) is 4.74 Å². The second-order valence-corrected chi connectivity index (χ2v) is 6.49. The largest absolute Gasteiger partial charge is 0.442 e. The van der Waals surface area contributed by atoms with E-state index in [1.165, 1.54) is 0 Å². The molecule has 1 N–H and O–H groups in total. The molecule has 1 saturated heterocycles. The normalized spacial score (nSPS) is 16.7. The summed E-state index contributed by atoms with van der Waals surface area (Å²) >= 11 is 0. The SMILES string of the molecule is Cc1cc(C)cc(N2CC(CNC(=O)c3ccccc3C)OC2=O)c1. The Morgan fingerprint density at radius 3 is 2.52 bits per heavy atom. The van der Waals surface area contributed by atoms with Crippen LogP contribution in [0.25, 0.3) is 0 Å². The van der Waals surface area contributed by atoms with E-state index < -0.39 is 0 Å². The molecule has 0 spiro atoms. The number of cyclic esters (lactones) is 1. The van der Waals surface area contributed by atoms with Gasteiger partial charge in [-0.1, -0.05) is 24.3 Å². The van der Waals surface area contributed by atoms with Crippen molar-refractivity contribution in [3.8, 4) is 0 Å². The van der Waals surface area contributed by atoms with E-state index in [-0.39, 0.29) is 18.1 Å². The van der Waals surface area contributed by atoms with Gasteiger partial charge in [0.2, 0.25) is 0 Å². The maximum Gasteiger partial charge on any atom is 0.414 e.